The molecule has 2 amide bonds. The summed E-state index contributed by atoms with van der Waals surface area (Å²) >= 11 is 0. The van der Waals surface area contributed by atoms with Crippen LogP contribution in [0, 0.1) is 12.8 Å². The molecule has 0 aromatic heterocycles. The number of benzene rings is 2. The number of methoxy groups -OCH3 is 1. The second-order valence-corrected chi connectivity index (χ2v) is 5.96. The van der Waals surface area contributed by atoms with E-state index in [1.165, 1.54) is 0 Å². The Morgan fingerprint density at radius 2 is 1.79 bits per heavy atom. The van der Waals surface area contributed by atoms with E-state index in [1.54, 1.807) is 36.3 Å². The molecule has 0 bridgehead atoms. The third-order valence-corrected chi connectivity index (χ3v) is 4.20. The van der Waals surface area contributed by atoms with Gasteiger partial charge in [-0.15, -0.1) is 0 Å². The number of anilines is 2. The van der Waals surface area contributed by atoms with E-state index >= 15 is 0 Å². The topological polar surface area (TPSA) is 58.6 Å². The second kappa shape index (κ2) is 6.74. The van der Waals surface area contributed by atoms with Crippen LogP contribution in [0.1, 0.15) is 12.0 Å². The first-order valence-corrected chi connectivity index (χ1v) is 7.89. The number of nitrogens with zero attached hydrogens (tertiary/aromatic N) is 1. The summed E-state index contributed by atoms with van der Waals surface area (Å²) in [4.78, 5) is 26.3. The van der Waals surface area contributed by atoms with Crippen LogP contribution in [0.5, 0.6) is 5.75 Å². The van der Waals surface area contributed by atoms with Crippen LogP contribution in [0.3, 0.4) is 0 Å². The lowest BCUT2D eigenvalue weighted by Crippen LogP contribution is -2.28. The first-order valence-electron chi connectivity index (χ1n) is 7.89. The van der Waals surface area contributed by atoms with E-state index < -0.39 is 0 Å². The predicted molar refractivity (Wildman–Crippen MR) is 93.3 cm³/mol. The van der Waals surface area contributed by atoms with Gasteiger partial charge in [0.05, 0.1) is 13.0 Å². The van der Waals surface area contributed by atoms with Crippen LogP contribution in [-0.2, 0) is 9.59 Å². The van der Waals surface area contributed by atoms with Crippen molar-refractivity contribution in [3.8, 4) is 5.75 Å². The van der Waals surface area contributed by atoms with Crippen molar-refractivity contribution in [2.75, 3.05) is 23.9 Å². The number of hydrogen-bond donors (Lipinski definition) is 1. The number of nitrogens with one attached hydrogen (secondary N) is 1. The predicted octanol–water partition coefficient (Wildman–Crippen LogP) is 3.00. The Bertz CT molecular complexity index is 738. The Kier molecular flexibility index (Phi) is 4.51. The molecule has 2 aromatic carbocycles. The van der Waals surface area contributed by atoms with Gasteiger partial charge in [-0.25, -0.2) is 0 Å². The average Bonchev–Trinajstić information content (AvgIpc) is 2.98. The number of hydrogen-bond acceptors (Lipinski definition) is 3. The molecule has 2 aromatic rings. The van der Waals surface area contributed by atoms with E-state index in [0.717, 1.165) is 17.0 Å². The maximum absolute atomic E-state index is 12.4. The number of amides is 2. The Morgan fingerprint density at radius 1 is 1.12 bits per heavy atom. The number of carbonyl (C=O) groups is 2. The van der Waals surface area contributed by atoms with Crippen LogP contribution in [-0.4, -0.2) is 25.5 Å². The molecule has 1 aliphatic heterocycles. The first-order chi connectivity index (χ1) is 11.6. The van der Waals surface area contributed by atoms with Gasteiger partial charge in [0.1, 0.15) is 5.75 Å². The highest BCUT2D eigenvalue weighted by atomic mass is 16.5. The summed E-state index contributed by atoms with van der Waals surface area (Å²) in [5.74, 6) is 0.229. The molecule has 0 radical (unpaired) electrons. The van der Waals surface area contributed by atoms with Crippen molar-refractivity contribution in [3.05, 3.63) is 54.1 Å². The van der Waals surface area contributed by atoms with E-state index in [4.69, 9.17) is 4.74 Å². The molecule has 1 saturated heterocycles. The van der Waals surface area contributed by atoms with Crippen LogP contribution >= 0.6 is 0 Å². The van der Waals surface area contributed by atoms with Gasteiger partial charge in [0, 0.05) is 24.3 Å². The van der Waals surface area contributed by atoms with E-state index in [-0.39, 0.29) is 24.2 Å². The van der Waals surface area contributed by atoms with E-state index in [0.29, 0.717) is 12.2 Å². The third-order valence-electron chi connectivity index (χ3n) is 4.20. The van der Waals surface area contributed by atoms with E-state index in [9.17, 15) is 9.59 Å². The maximum Gasteiger partial charge on any atom is 0.229 e. The highest BCUT2D eigenvalue weighted by Crippen LogP contribution is 2.26. The van der Waals surface area contributed by atoms with Crippen molar-refractivity contribution in [1.82, 2.24) is 0 Å². The Morgan fingerprint density at radius 3 is 2.42 bits per heavy atom. The summed E-state index contributed by atoms with van der Waals surface area (Å²) < 4.78 is 5.10. The van der Waals surface area contributed by atoms with Crippen molar-refractivity contribution in [2.45, 2.75) is 13.3 Å². The molecule has 5 nitrogen and oxygen atoms in total. The molecule has 1 unspecified atom stereocenters. The molecule has 0 aliphatic carbocycles. The highest BCUT2D eigenvalue weighted by molar-refractivity contribution is 6.03. The van der Waals surface area contributed by atoms with Crippen LogP contribution in [0.4, 0.5) is 11.4 Å². The Balaban J connectivity index is 1.66. The summed E-state index contributed by atoms with van der Waals surface area (Å²) in [6.07, 6.45) is 0.232. The number of carbonyl (C=O) groups excluding carboxylic acids is 2. The lowest BCUT2D eigenvalue weighted by molar-refractivity contribution is -0.122. The minimum Gasteiger partial charge on any atom is -0.497 e. The SMILES string of the molecule is COc1ccc(NC(=O)C2CC(=O)N(c3ccc(C)cc3)C2)cc1. The molecule has 1 atom stereocenters. The molecule has 3 rings (SSSR count). The van der Waals surface area contributed by atoms with Crippen molar-refractivity contribution in [2.24, 2.45) is 5.92 Å². The zero-order valence-corrected chi connectivity index (χ0v) is 13.8. The van der Waals surface area contributed by atoms with Gasteiger partial charge in [0.15, 0.2) is 0 Å². The van der Waals surface area contributed by atoms with Crippen molar-refractivity contribution >= 4 is 23.2 Å². The van der Waals surface area contributed by atoms with Gasteiger partial charge >= 0.3 is 0 Å². The molecule has 1 N–H and O–H groups in total. The van der Waals surface area contributed by atoms with Crippen LogP contribution in [0.2, 0.25) is 0 Å². The molecule has 124 valence electrons. The maximum atomic E-state index is 12.4. The summed E-state index contributed by atoms with van der Waals surface area (Å²) in [6.45, 7) is 2.41. The normalized spacial score (nSPS) is 17.0. The average molecular weight is 324 g/mol. The highest BCUT2D eigenvalue weighted by Gasteiger charge is 2.35. The zero-order valence-electron chi connectivity index (χ0n) is 13.8. The fourth-order valence-electron chi connectivity index (χ4n) is 2.78. The van der Waals surface area contributed by atoms with Crippen LogP contribution in [0.25, 0.3) is 0 Å². The van der Waals surface area contributed by atoms with E-state index in [1.807, 2.05) is 31.2 Å². The third kappa shape index (κ3) is 3.40. The fraction of sp³-hybridized carbons (Fsp3) is 0.263. The summed E-state index contributed by atoms with van der Waals surface area (Å²) in [6, 6.07) is 14.9. The van der Waals surface area contributed by atoms with Gasteiger partial charge in [0.2, 0.25) is 11.8 Å². The lowest BCUT2D eigenvalue weighted by Gasteiger charge is -2.17. The molecule has 1 aliphatic rings. The van der Waals surface area contributed by atoms with Gasteiger partial charge in [-0.2, -0.15) is 0 Å². The smallest absolute Gasteiger partial charge is 0.229 e. The van der Waals surface area contributed by atoms with Gasteiger partial charge in [-0.3, -0.25) is 9.59 Å². The molecular formula is C19H20N2O3. The molecule has 1 heterocycles. The molecule has 0 spiro atoms. The quantitative estimate of drug-likeness (QED) is 0.940. The number of rotatable bonds is 4. The molecule has 24 heavy (non-hydrogen) atoms. The lowest BCUT2D eigenvalue weighted by atomic mass is 10.1. The molecule has 1 fully saturated rings. The number of aryl methyl sites for hydroxylation is 1. The van der Waals surface area contributed by atoms with Gasteiger partial charge < -0.3 is 15.0 Å². The first kappa shape index (κ1) is 16.1. The molecular weight excluding hydrogens is 304 g/mol. The summed E-state index contributed by atoms with van der Waals surface area (Å²) in [5, 5.41) is 2.86. The molecule has 0 saturated carbocycles. The monoisotopic (exact) mass is 324 g/mol. The minimum atomic E-state index is -0.346. The fourth-order valence-corrected chi connectivity index (χ4v) is 2.78. The Hall–Kier alpha value is -2.82. The molecule has 5 heteroatoms. The summed E-state index contributed by atoms with van der Waals surface area (Å²) in [7, 11) is 1.59. The second-order valence-electron chi connectivity index (χ2n) is 5.96. The van der Waals surface area contributed by atoms with Gasteiger partial charge in [-0.05, 0) is 43.3 Å². The zero-order chi connectivity index (χ0) is 17.1. The van der Waals surface area contributed by atoms with E-state index in [2.05, 4.69) is 5.32 Å². The van der Waals surface area contributed by atoms with Gasteiger partial charge in [0.25, 0.3) is 0 Å². The minimum absolute atomic E-state index is 0.0197. The van der Waals surface area contributed by atoms with Crippen LogP contribution < -0.4 is 15.0 Å². The summed E-state index contributed by atoms with van der Waals surface area (Å²) in [5.41, 5.74) is 2.67. The van der Waals surface area contributed by atoms with Crippen molar-refractivity contribution < 1.29 is 14.3 Å². The van der Waals surface area contributed by atoms with Crippen LogP contribution in [0.15, 0.2) is 48.5 Å². The largest absolute Gasteiger partial charge is 0.497 e. The van der Waals surface area contributed by atoms with Crippen molar-refractivity contribution in [1.29, 1.82) is 0 Å². The van der Waals surface area contributed by atoms with Gasteiger partial charge in [-0.1, -0.05) is 17.7 Å². The van der Waals surface area contributed by atoms with Crippen molar-refractivity contribution in [3.63, 3.8) is 0 Å². The standard InChI is InChI=1S/C19H20N2O3/c1-13-3-7-16(8-4-13)21-12-14(11-18(21)22)19(23)20-15-5-9-17(24-2)10-6-15/h3-10,14H,11-12H2,1-2H3,(H,20,23). The Labute approximate surface area is 141 Å². The number of ether oxygens (including phenoxy) is 1.